The van der Waals surface area contributed by atoms with Gasteiger partial charge in [-0.15, -0.1) is 0 Å². The lowest BCUT2D eigenvalue weighted by Gasteiger charge is -2.25. The van der Waals surface area contributed by atoms with Crippen LogP contribution in [-0.2, 0) is 19.2 Å². The highest BCUT2D eigenvalue weighted by atomic mass is 16.5. The van der Waals surface area contributed by atoms with E-state index >= 15 is 0 Å². The second-order valence-electron chi connectivity index (χ2n) is 10.7. The van der Waals surface area contributed by atoms with Gasteiger partial charge in [-0.2, -0.15) is 0 Å². The second kappa shape index (κ2) is 9.19. The van der Waals surface area contributed by atoms with Crippen LogP contribution in [0.4, 0.5) is 11.4 Å². The van der Waals surface area contributed by atoms with Crippen molar-refractivity contribution >= 4 is 35.1 Å². The molecule has 0 radical (unpaired) electrons. The van der Waals surface area contributed by atoms with Crippen LogP contribution in [0.3, 0.4) is 0 Å². The number of benzene rings is 2. The number of anilines is 2. The van der Waals surface area contributed by atoms with E-state index in [1.807, 2.05) is 32.0 Å². The molecule has 2 aromatic carbocycles. The number of esters is 1. The van der Waals surface area contributed by atoms with Crippen molar-refractivity contribution in [3.05, 3.63) is 53.1 Å². The third-order valence-electron chi connectivity index (χ3n) is 7.98. The van der Waals surface area contributed by atoms with Crippen LogP contribution in [0.25, 0.3) is 0 Å². The fourth-order valence-corrected chi connectivity index (χ4v) is 6.08. The zero-order valence-electron chi connectivity index (χ0n) is 21.2. The molecule has 4 atom stereocenters. The summed E-state index contributed by atoms with van der Waals surface area (Å²) in [6.45, 7) is 8.12. The van der Waals surface area contributed by atoms with Gasteiger partial charge in [0.2, 0.25) is 17.7 Å². The van der Waals surface area contributed by atoms with Crippen molar-refractivity contribution in [2.75, 3.05) is 16.3 Å². The third-order valence-corrected chi connectivity index (χ3v) is 7.98. The molecule has 2 heterocycles. The number of fused-ring (bicyclic) bond motifs is 1. The maximum absolute atomic E-state index is 13.1. The van der Waals surface area contributed by atoms with Crippen LogP contribution in [0.2, 0.25) is 0 Å². The van der Waals surface area contributed by atoms with E-state index in [0.29, 0.717) is 22.9 Å². The standard InChI is InChI=1S/C29H32N2O5/c1-16-8-10-22-23(12-16)28(34)31(27(22)33)24-11-9-21(13-19(24)4)36-29(35)20-14-25(32)30(15-20)26-17(2)6-5-7-18(26)3/h5-7,9,11,13,16,20,22-23H,8,10,12,14-15H2,1-4H3/t16-,20-,22-,23-/m1/s1. The van der Waals surface area contributed by atoms with Gasteiger partial charge in [-0.3, -0.25) is 19.2 Å². The largest absolute Gasteiger partial charge is 0.426 e. The van der Waals surface area contributed by atoms with E-state index < -0.39 is 11.9 Å². The minimum absolute atomic E-state index is 0.0947. The smallest absolute Gasteiger partial charge is 0.316 e. The number of carbonyl (C=O) groups is 4. The third kappa shape index (κ3) is 4.10. The highest BCUT2D eigenvalue weighted by Gasteiger charge is 2.50. The summed E-state index contributed by atoms with van der Waals surface area (Å²) in [6.07, 6.45) is 2.56. The molecule has 0 aromatic heterocycles. The topological polar surface area (TPSA) is 84.0 Å². The summed E-state index contributed by atoms with van der Waals surface area (Å²) in [5.41, 5.74) is 4.07. The number of aryl methyl sites for hydroxylation is 3. The van der Waals surface area contributed by atoms with Crippen LogP contribution >= 0.6 is 0 Å². The molecule has 2 aromatic rings. The number of hydrogen-bond acceptors (Lipinski definition) is 5. The molecule has 188 valence electrons. The van der Waals surface area contributed by atoms with Crippen molar-refractivity contribution in [2.45, 2.75) is 53.4 Å². The fraction of sp³-hybridized carbons (Fsp3) is 0.448. The molecule has 0 bridgehead atoms. The Hall–Kier alpha value is -3.48. The number of rotatable bonds is 4. The molecule has 36 heavy (non-hydrogen) atoms. The molecule has 3 amide bonds. The molecule has 0 N–H and O–H groups in total. The van der Waals surface area contributed by atoms with Gasteiger partial charge in [-0.25, -0.2) is 4.90 Å². The molecule has 3 fully saturated rings. The average Bonchev–Trinajstić information content (AvgIpc) is 3.31. The highest BCUT2D eigenvalue weighted by Crippen LogP contribution is 2.43. The van der Waals surface area contributed by atoms with Gasteiger partial charge in [0.1, 0.15) is 5.75 Å². The first-order chi connectivity index (χ1) is 17.2. The van der Waals surface area contributed by atoms with Gasteiger partial charge < -0.3 is 9.64 Å². The summed E-state index contributed by atoms with van der Waals surface area (Å²) in [5.74, 6) is -1.06. The number of para-hydroxylation sites is 1. The molecule has 2 aliphatic heterocycles. The van der Waals surface area contributed by atoms with Crippen molar-refractivity contribution in [1.29, 1.82) is 0 Å². The summed E-state index contributed by atoms with van der Waals surface area (Å²) < 4.78 is 5.65. The number of imide groups is 1. The van der Waals surface area contributed by atoms with E-state index in [-0.39, 0.29) is 42.5 Å². The zero-order valence-corrected chi connectivity index (χ0v) is 21.2. The lowest BCUT2D eigenvalue weighted by Crippen LogP contribution is -2.31. The van der Waals surface area contributed by atoms with E-state index in [1.165, 1.54) is 4.90 Å². The Morgan fingerprint density at radius 2 is 1.61 bits per heavy atom. The lowest BCUT2D eigenvalue weighted by atomic mass is 9.76. The molecule has 1 saturated carbocycles. The second-order valence-corrected chi connectivity index (χ2v) is 10.7. The predicted molar refractivity (Wildman–Crippen MR) is 136 cm³/mol. The van der Waals surface area contributed by atoms with Crippen molar-refractivity contribution in [2.24, 2.45) is 23.7 Å². The summed E-state index contributed by atoms with van der Waals surface area (Å²) in [4.78, 5) is 54.8. The SMILES string of the molecule is Cc1cc(OC(=O)[C@@H]2CC(=O)N(c3c(C)cccc3C)C2)ccc1N1C(=O)[C@@H]2CC[C@@H](C)C[C@H]2C1=O. The van der Waals surface area contributed by atoms with Gasteiger partial charge in [-0.05, 0) is 80.8 Å². The van der Waals surface area contributed by atoms with E-state index in [2.05, 4.69) is 6.92 Å². The number of ether oxygens (including phenoxy) is 1. The molecule has 5 rings (SSSR count). The van der Waals surface area contributed by atoms with Crippen molar-refractivity contribution in [1.82, 2.24) is 0 Å². The minimum atomic E-state index is -0.566. The van der Waals surface area contributed by atoms with Crippen LogP contribution in [-0.4, -0.2) is 30.2 Å². The average molecular weight is 489 g/mol. The Balaban J connectivity index is 1.29. The first-order valence-corrected chi connectivity index (χ1v) is 12.7. The first-order valence-electron chi connectivity index (χ1n) is 12.7. The summed E-state index contributed by atoms with van der Waals surface area (Å²) in [5, 5.41) is 0. The molecular weight excluding hydrogens is 456 g/mol. The summed E-state index contributed by atoms with van der Waals surface area (Å²) >= 11 is 0. The maximum Gasteiger partial charge on any atom is 0.316 e. The highest BCUT2D eigenvalue weighted by molar-refractivity contribution is 6.22. The molecule has 2 saturated heterocycles. The quantitative estimate of drug-likeness (QED) is 0.360. The van der Waals surface area contributed by atoms with Crippen molar-refractivity contribution < 1.29 is 23.9 Å². The van der Waals surface area contributed by atoms with E-state index in [9.17, 15) is 19.2 Å². The Morgan fingerprint density at radius 3 is 2.31 bits per heavy atom. The monoisotopic (exact) mass is 488 g/mol. The van der Waals surface area contributed by atoms with E-state index in [4.69, 9.17) is 4.74 Å². The van der Waals surface area contributed by atoms with Crippen molar-refractivity contribution in [3.63, 3.8) is 0 Å². The maximum atomic E-state index is 13.1. The zero-order chi connectivity index (χ0) is 25.7. The number of nitrogens with zero attached hydrogens (tertiary/aromatic N) is 2. The molecule has 3 aliphatic rings. The van der Waals surface area contributed by atoms with Crippen LogP contribution in [0.5, 0.6) is 5.75 Å². The number of hydrogen-bond donors (Lipinski definition) is 0. The minimum Gasteiger partial charge on any atom is -0.426 e. The van der Waals surface area contributed by atoms with Crippen LogP contribution in [0, 0.1) is 44.4 Å². The van der Waals surface area contributed by atoms with Gasteiger partial charge in [-0.1, -0.05) is 25.1 Å². The fourth-order valence-electron chi connectivity index (χ4n) is 6.08. The Morgan fingerprint density at radius 1 is 0.917 bits per heavy atom. The number of amides is 3. The molecular formula is C29H32N2O5. The summed E-state index contributed by atoms with van der Waals surface area (Å²) in [7, 11) is 0. The Labute approximate surface area is 211 Å². The summed E-state index contributed by atoms with van der Waals surface area (Å²) in [6, 6.07) is 10.8. The van der Waals surface area contributed by atoms with Gasteiger partial charge in [0, 0.05) is 18.7 Å². The van der Waals surface area contributed by atoms with E-state index in [0.717, 1.165) is 36.1 Å². The Bertz CT molecular complexity index is 1250. The van der Waals surface area contributed by atoms with Gasteiger partial charge >= 0.3 is 5.97 Å². The van der Waals surface area contributed by atoms with Crippen LogP contribution < -0.4 is 14.5 Å². The predicted octanol–water partition coefficient (Wildman–Crippen LogP) is 4.50. The number of carbonyl (C=O) groups excluding carboxylic acids is 4. The molecule has 7 heteroatoms. The van der Waals surface area contributed by atoms with Gasteiger partial charge in [0.15, 0.2) is 0 Å². The molecule has 0 spiro atoms. The molecule has 1 aliphatic carbocycles. The van der Waals surface area contributed by atoms with E-state index in [1.54, 1.807) is 30.0 Å². The lowest BCUT2D eigenvalue weighted by molar-refractivity contribution is -0.139. The van der Waals surface area contributed by atoms with Gasteiger partial charge in [0.05, 0.1) is 23.4 Å². The molecule has 0 unspecified atom stereocenters. The Kier molecular flexibility index (Phi) is 6.18. The van der Waals surface area contributed by atoms with Gasteiger partial charge in [0.25, 0.3) is 0 Å². The van der Waals surface area contributed by atoms with Crippen LogP contribution in [0.15, 0.2) is 36.4 Å². The molecule has 7 nitrogen and oxygen atoms in total. The first kappa shape index (κ1) is 24.2. The normalized spacial score (nSPS) is 25.9. The van der Waals surface area contributed by atoms with Crippen molar-refractivity contribution in [3.8, 4) is 5.75 Å². The van der Waals surface area contributed by atoms with Crippen LogP contribution in [0.1, 0.15) is 49.3 Å².